The van der Waals surface area contributed by atoms with Crippen molar-refractivity contribution in [2.24, 2.45) is 5.41 Å². The molecule has 1 atom stereocenters. The Kier molecular flexibility index (Phi) is 5.31. The highest BCUT2D eigenvalue weighted by Crippen LogP contribution is 2.23. The van der Waals surface area contributed by atoms with E-state index in [0.717, 1.165) is 6.42 Å². The molecule has 1 aromatic rings. The standard InChI is InChI=1S/C16H23NO3/c1-5-11(2)12-6-8-13(9-7-12)17-14(18)10-16(3,4)15(19)20/h6-9,11H,5,10H2,1-4H3,(H,17,18)(H,19,20). The molecule has 2 N–H and O–H groups in total. The van der Waals surface area contributed by atoms with Crippen LogP contribution in [0.15, 0.2) is 24.3 Å². The highest BCUT2D eigenvalue weighted by molar-refractivity contribution is 5.94. The Balaban J connectivity index is 2.65. The van der Waals surface area contributed by atoms with Gasteiger partial charge >= 0.3 is 5.97 Å². The molecule has 0 saturated heterocycles. The summed E-state index contributed by atoms with van der Waals surface area (Å²) >= 11 is 0. The third kappa shape index (κ3) is 4.37. The highest BCUT2D eigenvalue weighted by atomic mass is 16.4. The van der Waals surface area contributed by atoms with Gasteiger partial charge in [0.15, 0.2) is 0 Å². The second-order valence-corrected chi connectivity index (χ2v) is 5.85. The third-order valence-electron chi connectivity index (χ3n) is 3.56. The van der Waals surface area contributed by atoms with Crippen LogP contribution in [-0.4, -0.2) is 17.0 Å². The van der Waals surface area contributed by atoms with E-state index in [9.17, 15) is 9.59 Å². The van der Waals surface area contributed by atoms with Gasteiger partial charge in [-0.15, -0.1) is 0 Å². The van der Waals surface area contributed by atoms with Crippen LogP contribution >= 0.6 is 0 Å². The number of hydrogen-bond acceptors (Lipinski definition) is 2. The van der Waals surface area contributed by atoms with Crippen LogP contribution in [0.1, 0.15) is 52.0 Å². The number of aliphatic carboxylic acids is 1. The lowest BCUT2D eigenvalue weighted by Gasteiger charge is -2.18. The molecule has 20 heavy (non-hydrogen) atoms. The van der Waals surface area contributed by atoms with Crippen molar-refractivity contribution in [1.29, 1.82) is 0 Å². The van der Waals surface area contributed by atoms with Crippen molar-refractivity contribution in [3.8, 4) is 0 Å². The Morgan fingerprint density at radius 3 is 2.25 bits per heavy atom. The van der Waals surface area contributed by atoms with Crippen LogP contribution in [-0.2, 0) is 9.59 Å². The van der Waals surface area contributed by atoms with Gasteiger partial charge in [-0.05, 0) is 43.9 Å². The van der Waals surface area contributed by atoms with Gasteiger partial charge in [0.25, 0.3) is 0 Å². The van der Waals surface area contributed by atoms with Crippen LogP contribution in [0.25, 0.3) is 0 Å². The lowest BCUT2D eigenvalue weighted by atomic mass is 9.89. The van der Waals surface area contributed by atoms with Crippen molar-refractivity contribution < 1.29 is 14.7 Å². The van der Waals surface area contributed by atoms with E-state index in [4.69, 9.17) is 5.11 Å². The quantitative estimate of drug-likeness (QED) is 0.834. The fourth-order valence-corrected chi connectivity index (χ4v) is 1.81. The topological polar surface area (TPSA) is 66.4 Å². The Hall–Kier alpha value is -1.84. The van der Waals surface area contributed by atoms with Crippen LogP contribution in [0.3, 0.4) is 0 Å². The molecule has 1 amide bonds. The molecular weight excluding hydrogens is 254 g/mol. The average Bonchev–Trinajstić information content (AvgIpc) is 2.37. The summed E-state index contributed by atoms with van der Waals surface area (Å²) in [5.74, 6) is -0.765. The maximum Gasteiger partial charge on any atom is 0.309 e. The Bertz CT molecular complexity index is 477. The monoisotopic (exact) mass is 277 g/mol. The number of nitrogens with one attached hydrogen (secondary N) is 1. The molecule has 4 nitrogen and oxygen atoms in total. The van der Waals surface area contributed by atoms with Gasteiger partial charge in [0.2, 0.25) is 5.91 Å². The summed E-state index contributed by atoms with van der Waals surface area (Å²) in [6, 6.07) is 7.69. The van der Waals surface area contributed by atoms with Gasteiger partial charge < -0.3 is 10.4 Å². The summed E-state index contributed by atoms with van der Waals surface area (Å²) in [4.78, 5) is 22.8. The molecule has 0 aromatic heterocycles. The van der Waals surface area contributed by atoms with E-state index in [-0.39, 0.29) is 12.3 Å². The number of amides is 1. The van der Waals surface area contributed by atoms with Gasteiger partial charge in [0.05, 0.1) is 5.41 Å². The predicted molar refractivity (Wildman–Crippen MR) is 79.8 cm³/mol. The first kappa shape index (κ1) is 16.2. The summed E-state index contributed by atoms with van der Waals surface area (Å²) in [6.07, 6.45) is 1.02. The highest BCUT2D eigenvalue weighted by Gasteiger charge is 2.30. The number of benzene rings is 1. The summed E-state index contributed by atoms with van der Waals surface area (Å²) in [6.45, 7) is 7.37. The number of hydrogen-bond donors (Lipinski definition) is 2. The SMILES string of the molecule is CCC(C)c1ccc(NC(=O)CC(C)(C)C(=O)O)cc1. The molecule has 0 spiro atoms. The molecular formula is C16H23NO3. The molecule has 0 heterocycles. The number of anilines is 1. The van der Waals surface area contributed by atoms with Crippen molar-refractivity contribution in [2.75, 3.05) is 5.32 Å². The molecule has 0 radical (unpaired) electrons. The smallest absolute Gasteiger partial charge is 0.309 e. The molecule has 1 unspecified atom stereocenters. The average molecular weight is 277 g/mol. The fraction of sp³-hybridized carbons (Fsp3) is 0.500. The maximum atomic E-state index is 11.8. The molecule has 1 rings (SSSR count). The largest absolute Gasteiger partial charge is 0.481 e. The Morgan fingerprint density at radius 1 is 1.25 bits per heavy atom. The van der Waals surface area contributed by atoms with E-state index in [1.165, 1.54) is 5.56 Å². The van der Waals surface area contributed by atoms with E-state index >= 15 is 0 Å². The predicted octanol–water partition coefficient (Wildman–Crippen LogP) is 3.64. The lowest BCUT2D eigenvalue weighted by molar-refractivity contribution is -0.148. The Labute approximate surface area is 120 Å². The van der Waals surface area contributed by atoms with Crippen molar-refractivity contribution in [3.63, 3.8) is 0 Å². The van der Waals surface area contributed by atoms with E-state index < -0.39 is 11.4 Å². The van der Waals surface area contributed by atoms with Crippen LogP contribution in [0.4, 0.5) is 5.69 Å². The normalized spacial score (nSPS) is 12.8. The van der Waals surface area contributed by atoms with Crippen LogP contribution in [0.2, 0.25) is 0 Å². The van der Waals surface area contributed by atoms with Crippen LogP contribution in [0.5, 0.6) is 0 Å². The third-order valence-corrected chi connectivity index (χ3v) is 3.56. The van der Waals surface area contributed by atoms with E-state index in [0.29, 0.717) is 11.6 Å². The first-order valence-corrected chi connectivity index (χ1v) is 6.89. The molecule has 0 bridgehead atoms. The zero-order valence-corrected chi connectivity index (χ0v) is 12.6. The first-order valence-electron chi connectivity index (χ1n) is 6.89. The van der Waals surface area contributed by atoms with E-state index in [1.807, 2.05) is 24.3 Å². The minimum Gasteiger partial charge on any atom is -0.481 e. The van der Waals surface area contributed by atoms with Gasteiger partial charge in [-0.2, -0.15) is 0 Å². The second kappa shape index (κ2) is 6.55. The van der Waals surface area contributed by atoms with Crippen molar-refractivity contribution in [1.82, 2.24) is 0 Å². The van der Waals surface area contributed by atoms with Crippen LogP contribution in [0, 0.1) is 5.41 Å². The maximum absolute atomic E-state index is 11.8. The van der Waals surface area contributed by atoms with Gasteiger partial charge in [0, 0.05) is 12.1 Å². The van der Waals surface area contributed by atoms with Crippen molar-refractivity contribution >= 4 is 17.6 Å². The van der Waals surface area contributed by atoms with E-state index in [2.05, 4.69) is 19.2 Å². The number of carboxylic acids is 1. The molecule has 0 aliphatic rings. The first-order chi connectivity index (χ1) is 9.26. The van der Waals surface area contributed by atoms with Crippen molar-refractivity contribution in [3.05, 3.63) is 29.8 Å². The van der Waals surface area contributed by atoms with E-state index in [1.54, 1.807) is 13.8 Å². The molecule has 0 fully saturated rings. The lowest BCUT2D eigenvalue weighted by Crippen LogP contribution is -2.29. The summed E-state index contributed by atoms with van der Waals surface area (Å²) < 4.78 is 0. The minimum atomic E-state index is -1.05. The van der Waals surface area contributed by atoms with Gasteiger partial charge in [-0.25, -0.2) is 0 Å². The number of rotatable bonds is 6. The zero-order chi connectivity index (χ0) is 15.3. The molecule has 0 aliphatic carbocycles. The molecule has 1 aromatic carbocycles. The zero-order valence-electron chi connectivity index (χ0n) is 12.6. The molecule has 110 valence electrons. The molecule has 0 saturated carbocycles. The molecule has 0 aliphatic heterocycles. The summed E-state index contributed by atoms with van der Waals surface area (Å²) in [7, 11) is 0. The number of carbonyl (C=O) groups excluding carboxylic acids is 1. The number of carbonyl (C=O) groups is 2. The number of carboxylic acid groups (broad SMARTS) is 1. The van der Waals surface area contributed by atoms with Crippen molar-refractivity contribution in [2.45, 2.75) is 46.5 Å². The Morgan fingerprint density at radius 2 is 1.80 bits per heavy atom. The van der Waals surface area contributed by atoms with Gasteiger partial charge in [0.1, 0.15) is 0 Å². The molecule has 4 heteroatoms. The summed E-state index contributed by atoms with van der Waals surface area (Å²) in [5, 5.41) is 11.7. The van der Waals surface area contributed by atoms with Crippen LogP contribution < -0.4 is 5.32 Å². The second-order valence-electron chi connectivity index (χ2n) is 5.85. The van der Waals surface area contributed by atoms with Gasteiger partial charge in [-0.1, -0.05) is 26.0 Å². The minimum absolute atomic E-state index is 0.0462. The fourth-order valence-electron chi connectivity index (χ4n) is 1.81. The van der Waals surface area contributed by atoms with Gasteiger partial charge in [-0.3, -0.25) is 9.59 Å². The summed E-state index contributed by atoms with van der Waals surface area (Å²) in [5.41, 5.74) is 0.875.